The quantitative estimate of drug-likeness (QED) is 0.164. The second kappa shape index (κ2) is 12.7. The zero-order valence-electron chi connectivity index (χ0n) is 25.6. The summed E-state index contributed by atoms with van der Waals surface area (Å²) in [6, 6.07) is 39.7. The van der Waals surface area contributed by atoms with Gasteiger partial charge >= 0.3 is 0 Å². The van der Waals surface area contributed by atoms with Gasteiger partial charge in [0.1, 0.15) is 24.7 Å². The van der Waals surface area contributed by atoms with Gasteiger partial charge in [0, 0.05) is 64.1 Å². The van der Waals surface area contributed by atoms with Crippen LogP contribution in [-0.4, -0.2) is 40.1 Å². The van der Waals surface area contributed by atoms with E-state index in [1.807, 2.05) is 54.9 Å². The van der Waals surface area contributed by atoms with E-state index in [2.05, 4.69) is 106 Å². The van der Waals surface area contributed by atoms with Crippen molar-refractivity contribution in [3.63, 3.8) is 0 Å². The number of rotatable bonds is 11. The molecule has 6 heteroatoms. The normalized spacial score (nSPS) is 11.4. The van der Waals surface area contributed by atoms with Gasteiger partial charge in [-0.2, -0.15) is 0 Å². The predicted molar refractivity (Wildman–Crippen MR) is 183 cm³/mol. The molecule has 45 heavy (non-hydrogen) atoms. The number of nitrogens with one attached hydrogen (secondary N) is 1. The van der Waals surface area contributed by atoms with E-state index in [-0.39, 0.29) is 0 Å². The number of benzene rings is 4. The van der Waals surface area contributed by atoms with Gasteiger partial charge in [0.15, 0.2) is 0 Å². The fraction of sp³-hybridized carbons (Fsp3) is 0.154. The molecule has 0 fully saturated rings. The van der Waals surface area contributed by atoms with Gasteiger partial charge in [-0.15, -0.1) is 0 Å². The average molecular weight is 593 g/mol. The molecule has 3 heterocycles. The van der Waals surface area contributed by atoms with Crippen LogP contribution in [0.15, 0.2) is 128 Å². The van der Waals surface area contributed by atoms with Crippen LogP contribution in [0.4, 0.5) is 0 Å². The van der Waals surface area contributed by atoms with Gasteiger partial charge in [0.25, 0.3) is 0 Å². The molecule has 0 atom stereocenters. The molecule has 0 spiro atoms. The number of nitrogens with zero attached hydrogens (tertiary/aromatic N) is 3. The highest BCUT2D eigenvalue weighted by atomic mass is 16.5. The predicted octanol–water partition coefficient (Wildman–Crippen LogP) is 8.57. The Balaban J connectivity index is 1.17. The molecule has 7 rings (SSSR count). The summed E-state index contributed by atoms with van der Waals surface area (Å²) in [6.07, 6.45) is 3.87. The molecule has 1 N–H and O–H groups in total. The minimum absolute atomic E-state index is 0.539. The Labute approximate surface area is 263 Å². The summed E-state index contributed by atoms with van der Waals surface area (Å²) in [5.41, 5.74) is 8.79. The van der Waals surface area contributed by atoms with Gasteiger partial charge in [0.05, 0.1) is 5.69 Å². The minimum Gasteiger partial charge on any atom is -0.489 e. The Bertz CT molecular complexity index is 2040. The molecule has 0 aliphatic heterocycles. The summed E-state index contributed by atoms with van der Waals surface area (Å²) in [5.74, 6) is 1.71. The standard InChI is InChI=1S/C39H36N4O2/c1-42(2)17-18-43-38-16-14-35(45-27-29-11-7-4-8-12-29)21-31(38)23-39(43)33-19-32(24-40-25-33)37-22-30-20-34(13-15-36(30)41-37)44-26-28-9-5-3-6-10-28/h3-16,19-25,41H,17-18,26-27H2,1-2H3. The Morgan fingerprint density at radius 3 is 2.00 bits per heavy atom. The zero-order valence-corrected chi connectivity index (χ0v) is 25.6. The van der Waals surface area contributed by atoms with Crippen molar-refractivity contribution in [3.8, 4) is 34.0 Å². The lowest BCUT2D eigenvalue weighted by atomic mass is 10.1. The average Bonchev–Trinajstić information content (AvgIpc) is 3.67. The van der Waals surface area contributed by atoms with E-state index >= 15 is 0 Å². The molecule has 0 amide bonds. The van der Waals surface area contributed by atoms with Crippen LogP contribution in [0.3, 0.4) is 0 Å². The first kappa shape index (κ1) is 28.4. The summed E-state index contributed by atoms with van der Waals surface area (Å²) < 4.78 is 14.6. The van der Waals surface area contributed by atoms with E-state index < -0.39 is 0 Å². The van der Waals surface area contributed by atoms with Crippen LogP contribution in [0, 0.1) is 0 Å². The van der Waals surface area contributed by atoms with E-state index in [1.165, 1.54) is 5.52 Å². The molecule has 7 aromatic rings. The van der Waals surface area contributed by atoms with Crippen molar-refractivity contribution < 1.29 is 9.47 Å². The number of ether oxygens (including phenoxy) is 2. The third kappa shape index (κ3) is 6.47. The van der Waals surface area contributed by atoms with Crippen LogP contribution in [0.5, 0.6) is 11.5 Å². The van der Waals surface area contributed by atoms with Gasteiger partial charge in [-0.3, -0.25) is 4.98 Å². The molecule has 0 bridgehead atoms. The number of fused-ring (bicyclic) bond motifs is 2. The number of hydrogen-bond acceptors (Lipinski definition) is 4. The summed E-state index contributed by atoms with van der Waals surface area (Å²) in [6.45, 7) is 2.86. The number of H-pyrrole nitrogens is 1. The summed E-state index contributed by atoms with van der Waals surface area (Å²) >= 11 is 0. The van der Waals surface area contributed by atoms with Crippen LogP contribution >= 0.6 is 0 Å². The second-order valence-corrected chi connectivity index (χ2v) is 11.6. The molecule has 224 valence electrons. The zero-order chi connectivity index (χ0) is 30.6. The Hall–Kier alpha value is -5.33. The smallest absolute Gasteiger partial charge is 0.120 e. The molecule has 6 nitrogen and oxygen atoms in total. The van der Waals surface area contributed by atoms with Gasteiger partial charge in [0.2, 0.25) is 0 Å². The molecule has 3 aromatic heterocycles. The first-order valence-electron chi connectivity index (χ1n) is 15.3. The highest BCUT2D eigenvalue weighted by Crippen LogP contribution is 2.34. The SMILES string of the molecule is CN(C)CCn1c(-c2cncc(-c3cc4cc(OCc5ccccc5)ccc4[nH]3)c2)cc2cc(OCc3ccccc3)ccc21. The summed E-state index contributed by atoms with van der Waals surface area (Å²) in [5, 5.41) is 2.25. The third-order valence-corrected chi connectivity index (χ3v) is 8.08. The van der Waals surface area contributed by atoms with Crippen molar-refractivity contribution in [1.82, 2.24) is 19.4 Å². The van der Waals surface area contributed by atoms with Gasteiger partial charge in [-0.1, -0.05) is 60.7 Å². The first-order chi connectivity index (χ1) is 22.1. The van der Waals surface area contributed by atoms with E-state index in [1.54, 1.807) is 0 Å². The Morgan fingerprint density at radius 1 is 0.667 bits per heavy atom. The topological polar surface area (TPSA) is 55.3 Å². The van der Waals surface area contributed by atoms with Gasteiger partial charge in [-0.25, -0.2) is 0 Å². The number of aromatic amines is 1. The van der Waals surface area contributed by atoms with E-state index in [0.29, 0.717) is 13.2 Å². The van der Waals surface area contributed by atoms with E-state index in [0.717, 1.165) is 74.5 Å². The van der Waals surface area contributed by atoms with Crippen LogP contribution in [0.2, 0.25) is 0 Å². The van der Waals surface area contributed by atoms with Crippen LogP contribution < -0.4 is 9.47 Å². The maximum atomic E-state index is 6.16. The van der Waals surface area contributed by atoms with Crippen molar-refractivity contribution in [2.24, 2.45) is 0 Å². The highest BCUT2D eigenvalue weighted by molar-refractivity contribution is 5.90. The Kier molecular flexibility index (Phi) is 8.04. The lowest BCUT2D eigenvalue weighted by Crippen LogP contribution is -2.18. The lowest BCUT2D eigenvalue weighted by molar-refractivity contribution is 0.306. The van der Waals surface area contributed by atoms with Crippen molar-refractivity contribution >= 4 is 21.8 Å². The molecule has 0 aliphatic carbocycles. The van der Waals surface area contributed by atoms with Crippen LogP contribution in [0.25, 0.3) is 44.3 Å². The Morgan fingerprint density at radius 2 is 1.31 bits per heavy atom. The minimum atomic E-state index is 0.539. The fourth-order valence-electron chi connectivity index (χ4n) is 5.68. The molecular formula is C39H36N4O2. The van der Waals surface area contributed by atoms with Crippen LogP contribution in [-0.2, 0) is 19.8 Å². The highest BCUT2D eigenvalue weighted by Gasteiger charge is 2.14. The third-order valence-electron chi connectivity index (χ3n) is 8.08. The van der Waals surface area contributed by atoms with E-state index in [9.17, 15) is 0 Å². The van der Waals surface area contributed by atoms with Gasteiger partial charge < -0.3 is 23.9 Å². The maximum Gasteiger partial charge on any atom is 0.120 e. The lowest BCUT2D eigenvalue weighted by Gasteiger charge is -2.15. The van der Waals surface area contributed by atoms with Crippen molar-refractivity contribution in [3.05, 3.63) is 139 Å². The molecule has 0 radical (unpaired) electrons. The van der Waals surface area contributed by atoms with Crippen molar-refractivity contribution in [2.75, 3.05) is 20.6 Å². The monoisotopic (exact) mass is 592 g/mol. The fourth-order valence-corrected chi connectivity index (χ4v) is 5.68. The number of hydrogen-bond donors (Lipinski definition) is 1. The second-order valence-electron chi connectivity index (χ2n) is 11.6. The first-order valence-corrected chi connectivity index (χ1v) is 15.3. The van der Waals surface area contributed by atoms with Gasteiger partial charge in [-0.05, 0) is 79.8 Å². The summed E-state index contributed by atoms with van der Waals surface area (Å²) in [4.78, 5) is 10.5. The number of pyridine rings is 1. The number of aromatic nitrogens is 3. The van der Waals surface area contributed by atoms with Crippen LogP contribution in [0.1, 0.15) is 11.1 Å². The molecule has 0 aliphatic rings. The maximum absolute atomic E-state index is 6.16. The molecular weight excluding hydrogens is 556 g/mol. The van der Waals surface area contributed by atoms with Crippen molar-refractivity contribution in [1.29, 1.82) is 0 Å². The van der Waals surface area contributed by atoms with Crippen molar-refractivity contribution in [2.45, 2.75) is 19.8 Å². The molecule has 0 saturated carbocycles. The van der Waals surface area contributed by atoms with E-state index in [4.69, 9.17) is 9.47 Å². The largest absolute Gasteiger partial charge is 0.489 e. The molecule has 4 aromatic carbocycles. The molecule has 0 unspecified atom stereocenters. The summed E-state index contributed by atoms with van der Waals surface area (Å²) in [7, 11) is 4.22. The molecule has 0 saturated heterocycles. The number of likely N-dealkylation sites (N-methyl/N-ethyl adjacent to an activating group) is 1.